The molecule has 0 N–H and O–H groups in total. The maximum Gasteiger partial charge on any atom is 0.262 e. The van der Waals surface area contributed by atoms with Crippen molar-refractivity contribution in [3.63, 3.8) is 0 Å². The van der Waals surface area contributed by atoms with Crippen LogP contribution in [0.15, 0.2) is 41.3 Å². The Balaban J connectivity index is 2.27. The lowest BCUT2D eigenvalue weighted by Crippen LogP contribution is -2.18. The molecule has 0 unspecified atom stereocenters. The molecular weight excluding hydrogens is 347 g/mol. The first-order valence-electron chi connectivity index (χ1n) is 7.27. The monoisotopic (exact) mass is 358 g/mol. The average molecular weight is 359 g/mol. The maximum atomic E-state index is 12.8. The van der Waals surface area contributed by atoms with Crippen LogP contribution in [0, 0.1) is 6.92 Å². The lowest BCUT2D eigenvalue weighted by atomic mass is 10.2. The second-order valence-corrected chi connectivity index (χ2v) is 6.40. The van der Waals surface area contributed by atoms with Gasteiger partial charge in [-0.25, -0.2) is 4.68 Å². The van der Waals surface area contributed by atoms with Crippen molar-refractivity contribution in [2.45, 2.75) is 6.92 Å². The molecule has 24 heavy (non-hydrogen) atoms. The van der Waals surface area contributed by atoms with Gasteiger partial charge in [0.05, 0.1) is 27.3 Å². The number of hydrogen-bond acceptors (Lipinski definition) is 3. The van der Waals surface area contributed by atoms with E-state index in [0.29, 0.717) is 37.8 Å². The van der Waals surface area contributed by atoms with Crippen molar-refractivity contribution >= 4 is 45.1 Å². The fourth-order valence-electron chi connectivity index (χ4n) is 2.95. The first-order chi connectivity index (χ1) is 11.5. The minimum atomic E-state index is -0.118. The van der Waals surface area contributed by atoms with Crippen molar-refractivity contribution in [1.82, 2.24) is 19.3 Å². The fraction of sp³-hybridized carbons (Fsp3) is 0.118. The van der Waals surface area contributed by atoms with Gasteiger partial charge in [-0.2, -0.15) is 5.10 Å². The van der Waals surface area contributed by atoms with Gasteiger partial charge in [0.2, 0.25) is 0 Å². The number of pyridine rings is 2. The summed E-state index contributed by atoms with van der Waals surface area (Å²) in [6.07, 6.45) is 1.69. The zero-order valence-electron chi connectivity index (χ0n) is 12.9. The maximum absolute atomic E-state index is 12.8. The Morgan fingerprint density at radius 1 is 1.17 bits per heavy atom. The van der Waals surface area contributed by atoms with Crippen molar-refractivity contribution in [2.75, 3.05) is 0 Å². The summed E-state index contributed by atoms with van der Waals surface area (Å²) in [7, 11) is 1.73. The summed E-state index contributed by atoms with van der Waals surface area (Å²) < 4.78 is 3.23. The highest BCUT2D eigenvalue weighted by Gasteiger charge is 2.20. The largest absolute Gasteiger partial charge is 0.309 e. The SMILES string of the molecule is Cc1nn(-c2cc(Cl)ccc2Cl)c2c1c(=O)n(C)c1cccnc21. The molecule has 0 aliphatic carbocycles. The van der Waals surface area contributed by atoms with Gasteiger partial charge in [-0.15, -0.1) is 0 Å². The molecule has 5 nitrogen and oxygen atoms in total. The third-order valence-corrected chi connectivity index (χ3v) is 4.64. The Hall–Kier alpha value is -2.37. The molecule has 0 saturated heterocycles. The number of nitrogens with zero attached hydrogens (tertiary/aromatic N) is 4. The van der Waals surface area contributed by atoms with Crippen molar-refractivity contribution in [1.29, 1.82) is 0 Å². The summed E-state index contributed by atoms with van der Waals surface area (Å²) >= 11 is 12.5. The van der Waals surface area contributed by atoms with Gasteiger partial charge in [-0.3, -0.25) is 9.78 Å². The number of fused-ring (bicyclic) bond motifs is 3. The minimum Gasteiger partial charge on any atom is -0.309 e. The Labute approximate surface area is 147 Å². The van der Waals surface area contributed by atoms with E-state index in [1.165, 1.54) is 0 Å². The van der Waals surface area contributed by atoms with Gasteiger partial charge in [0.15, 0.2) is 0 Å². The van der Waals surface area contributed by atoms with Crippen LogP contribution in [0.2, 0.25) is 10.0 Å². The second-order valence-electron chi connectivity index (χ2n) is 5.55. The van der Waals surface area contributed by atoms with Crippen molar-refractivity contribution in [3.05, 3.63) is 62.6 Å². The number of hydrogen-bond donors (Lipinski definition) is 0. The second kappa shape index (κ2) is 5.33. The summed E-state index contributed by atoms with van der Waals surface area (Å²) in [6.45, 7) is 1.80. The third kappa shape index (κ3) is 2.05. The lowest BCUT2D eigenvalue weighted by Gasteiger charge is -2.10. The molecule has 7 heteroatoms. The Morgan fingerprint density at radius 3 is 2.75 bits per heavy atom. The highest BCUT2D eigenvalue weighted by molar-refractivity contribution is 6.34. The standard InChI is InChI=1S/C17H12Cl2N4O/c1-9-14-16(15-12(4-3-7-20-15)22(2)17(14)24)23(21-9)13-8-10(18)5-6-11(13)19/h3-8H,1-2H3. The molecule has 0 aliphatic heterocycles. The van der Waals surface area contributed by atoms with E-state index in [9.17, 15) is 4.79 Å². The van der Waals surface area contributed by atoms with Gasteiger partial charge in [0, 0.05) is 18.3 Å². The molecule has 120 valence electrons. The van der Waals surface area contributed by atoms with Gasteiger partial charge in [0.25, 0.3) is 5.56 Å². The summed E-state index contributed by atoms with van der Waals surface area (Å²) in [5, 5.41) is 6.09. The average Bonchev–Trinajstić information content (AvgIpc) is 2.92. The molecule has 0 spiro atoms. The van der Waals surface area contributed by atoms with Crippen LogP contribution >= 0.6 is 23.2 Å². The normalized spacial score (nSPS) is 11.5. The Bertz CT molecular complexity index is 1180. The van der Waals surface area contributed by atoms with Crippen LogP contribution in [0.3, 0.4) is 0 Å². The summed E-state index contributed by atoms with van der Waals surface area (Å²) in [5.74, 6) is 0. The van der Waals surface area contributed by atoms with Crippen molar-refractivity contribution < 1.29 is 0 Å². The molecule has 0 fully saturated rings. The van der Waals surface area contributed by atoms with Gasteiger partial charge in [-0.05, 0) is 37.3 Å². The first kappa shape index (κ1) is 15.2. The third-order valence-electron chi connectivity index (χ3n) is 4.09. The summed E-state index contributed by atoms with van der Waals surface area (Å²) in [5.41, 5.74) is 3.17. The Morgan fingerprint density at radius 2 is 1.96 bits per heavy atom. The smallest absolute Gasteiger partial charge is 0.262 e. The number of halogens is 2. The number of aromatic nitrogens is 4. The van der Waals surface area contributed by atoms with Gasteiger partial charge in [-0.1, -0.05) is 23.2 Å². The van der Waals surface area contributed by atoms with Crippen LogP contribution in [0.5, 0.6) is 0 Å². The van der Waals surface area contributed by atoms with E-state index in [2.05, 4.69) is 10.1 Å². The molecule has 0 atom stereocenters. The van der Waals surface area contributed by atoms with Gasteiger partial charge < -0.3 is 4.57 Å². The van der Waals surface area contributed by atoms with Crippen molar-refractivity contribution in [3.8, 4) is 5.69 Å². The van der Waals surface area contributed by atoms with Crippen LogP contribution in [0.25, 0.3) is 27.6 Å². The molecule has 0 bridgehead atoms. The molecule has 0 amide bonds. The molecule has 4 aromatic rings. The van der Waals surface area contributed by atoms with Crippen LogP contribution in [0.4, 0.5) is 0 Å². The van der Waals surface area contributed by atoms with Gasteiger partial charge in [0.1, 0.15) is 11.0 Å². The molecule has 0 aliphatic rings. The van der Waals surface area contributed by atoms with E-state index in [-0.39, 0.29) is 5.56 Å². The van der Waals surface area contributed by atoms with Crippen LogP contribution in [-0.4, -0.2) is 19.3 Å². The number of benzene rings is 1. The summed E-state index contributed by atoms with van der Waals surface area (Å²) in [4.78, 5) is 17.2. The lowest BCUT2D eigenvalue weighted by molar-refractivity contribution is 0.890. The first-order valence-corrected chi connectivity index (χ1v) is 8.03. The highest BCUT2D eigenvalue weighted by Crippen LogP contribution is 2.30. The molecule has 0 saturated carbocycles. The van der Waals surface area contributed by atoms with Crippen LogP contribution < -0.4 is 5.56 Å². The minimum absolute atomic E-state index is 0.118. The Kier molecular flexibility index (Phi) is 3.37. The number of rotatable bonds is 1. The molecule has 1 aromatic carbocycles. The molecule has 4 rings (SSSR count). The quantitative estimate of drug-likeness (QED) is 0.518. The van der Waals surface area contributed by atoms with E-state index in [4.69, 9.17) is 23.2 Å². The van der Waals surface area contributed by atoms with Crippen LogP contribution in [-0.2, 0) is 7.05 Å². The van der Waals surface area contributed by atoms with E-state index in [1.54, 1.807) is 53.7 Å². The van der Waals surface area contributed by atoms with E-state index in [1.807, 2.05) is 6.07 Å². The predicted molar refractivity (Wildman–Crippen MR) is 96.4 cm³/mol. The van der Waals surface area contributed by atoms with E-state index in [0.717, 1.165) is 5.52 Å². The predicted octanol–water partition coefficient (Wildman–Crippen LogP) is 3.89. The number of aryl methyl sites for hydroxylation is 2. The topological polar surface area (TPSA) is 52.7 Å². The van der Waals surface area contributed by atoms with Gasteiger partial charge >= 0.3 is 0 Å². The molecule has 3 heterocycles. The fourth-order valence-corrected chi connectivity index (χ4v) is 3.32. The van der Waals surface area contributed by atoms with E-state index < -0.39 is 0 Å². The molecule has 3 aromatic heterocycles. The van der Waals surface area contributed by atoms with Crippen molar-refractivity contribution in [2.24, 2.45) is 7.05 Å². The zero-order chi connectivity index (χ0) is 17.0. The highest BCUT2D eigenvalue weighted by atomic mass is 35.5. The van der Waals surface area contributed by atoms with E-state index >= 15 is 0 Å². The molecule has 0 radical (unpaired) electrons. The zero-order valence-corrected chi connectivity index (χ0v) is 14.4. The van der Waals surface area contributed by atoms with Crippen LogP contribution in [0.1, 0.15) is 5.69 Å². The summed E-state index contributed by atoms with van der Waals surface area (Å²) in [6, 6.07) is 8.80. The molecular formula is C17H12Cl2N4O.